The molecule has 0 bridgehead atoms. The molecule has 0 spiro atoms. The lowest BCUT2D eigenvalue weighted by molar-refractivity contribution is -0.123. The van der Waals surface area contributed by atoms with E-state index in [1.54, 1.807) is 0 Å². The Labute approximate surface area is 170 Å². The number of piperidine rings is 1. The molecule has 1 aliphatic heterocycles. The normalized spacial score (nSPS) is 18.1. The zero-order valence-corrected chi connectivity index (χ0v) is 17.5. The molecule has 1 amide bonds. The Hall–Kier alpha value is -2.08. The van der Waals surface area contributed by atoms with Gasteiger partial charge in [0.2, 0.25) is 5.91 Å². The summed E-state index contributed by atoms with van der Waals surface area (Å²) in [6.07, 6.45) is 5.58. The van der Waals surface area contributed by atoms with Crippen LogP contribution in [0.25, 0.3) is 0 Å². The molecule has 1 aromatic carbocycles. The van der Waals surface area contributed by atoms with Crippen LogP contribution in [0, 0.1) is 5.92 Å². The summed E-state index contributed by atoms with van der Waals surface area (Å²) < 4.78 is 0. The molecule has 156 valence electrons. The second kappa shape index (κ2) is 12.4. The number of likely N-dealkylation sites (tertiary alicyclic amines) is 1. The number of aliphatic imine (C=N–C) groups is 1. The van der Waals surface area contributed by atoms with E-state index in [-0.39, 0.29) is 11.8 Å². The minimum Gasteiger partial charge on any atom is -0.369 e. The molecule has 1 aliphatic rings. The lowest BCUT2D eigenvalue weighted by Gasteiger charge is -2.31. The molecular formula is C22H37N5O. The number of nitrogens with one attached hydrogen (secondary N) is 2. The number of hydrogen-bond donors (Lipinski definition) is 3. The van der Waals surface area contributed by atoms with Gasteiger partial charge in [0, 0.05) is 26.2 Å². The third-order valence-corrected chi connectivity index (χ3v) is 5.14. The summed E-state index contributed by atoms with van der Waals surface area (Å²) in [6.45, 7) is 9.41. The second-order valence-electron chi connectivity index (χ2n) is 7.63. The molecule has 1 atom stereocenters. The monoisotopic (exact) mass is 387 g/mol. The van der Waals surface area contributed by atoms with E-state index in [0.717, 1.165) is 51.5 Å². The SMILES string of the molecule is CCCCCNC(=NCc1cccc(CN2CCCC(C(N)=O)C2)c1)NCC. The molecule has 1 fully saturated rings. The number of carbonyl (C=O) groups is 1. The average Bonchev–Trinajstić information content (AvgIpc) is 2.70. The van der Waals surface area contributed by atoms with Crippen LogP contribution >= 0.6 is 0 Å². The first kappa shape index (κ1) is 22.2. The van der Waals surface area contributed by atoms with Gasteiger partial charge in [0.25, 0.3) is 0 Å². The van der Waals surface area contributed by atoms with Crippen LogP contribution in [-0.4, -0.2) is 42.9 Å². The fraction of sp³-hybridized carbons (Fsp3) is 0.636. The zero-order chi connectivity index (χ0) is 20.2. The van der Waals surface area contributed by atoms with Crippen molar-refractivity contribution >= 4 is 11.9 Å². The highest BCUT2D eigenvalue weighted by Crippen LogP contribution is 2.19. The number of nitrogens with two attached hydrogens (primary N) is 1. The van der Waals surface area contributed by atoms with E-state index in [0.29, 0.717) is 6.54 Å². The van der Waals surface area contributed by atoms with E-state index in [1.165, 1.54) is 30.4 Å². The summed E-state index contributed by atoms with van der Waals surface area (Å²) in [7, 11) is 0. The Bertz CT molecular complexity index is 631. The number of guanidine groups is 1. The topological polar surface area (TPSA) is 82.8 Å². The number of unbranched alkanes of at least 4 members (excludes halogenated alkanes) is 2. The molecule has 1 saturated heterocycles. The predicted octanol–water partition coefficient (Wildman–Crippen LogP) is 2.63. The molecular weight excluding hydrogens is 350 g/mol. The van der Waals surface area contributed by atoms with Gasteiger partial charge in [-0.1, -0.05) is 44.0 Å². The number of nitrogens with zero attached hydrogens (tertiary/aromatic N) is 2. The van der Waals surface area contributed by atoms with E-state index in [1.807, 2.05) is 0 Å². The van der Waals surface area contributed by atoms with Crippen molar-refractivity contribution in [3.05, 3.63) is 35.4 Å². The highest BCUT2D eigenvalue weighted by molar-refractivity contribution is 5.79. The quantitative estimate of drug-likeness (QED) is 0.327. The summed E-state index contributed by atoms with van der Waals surface area (Å²) in [5.74, 6) is 0.697. The van der Waals surface area contributed by atoms with Crippen molar-refractivity contribution < 1.29 is 4.79 Å². The minimum atomic E-state index is -0.171. The van der Waals surface area contributed by atoms with Crippen LogP contribution in [0.15, 0.2) is 29.3 Å². The van der Waals surface area contributed by atoms with Crippen LogP contribution in [-0.2, 0) is 17.9 Å². The lowest BCUT2D eigenvalue weighted by atomic mass is 9.97. The first-order valence-electron chi connectivity index (χ1n) is 10.7. The van der Waals surface area contributed by atoms with E-state index >= 15 is 0 Å². The maximum atomic E-state index is 11.5. The van der Waals surface area contributed by atoms with Crippen LogP contribution in [0.3, 0.4) is 0 Å². The van der Waals surface area contributed by atoms with Crippen molar-refractivity contribution in [1.29, 1.82) is 0 Å². The standard InChI is InChI=1S/C22H37N5O/c1-3-5-6-12-25-22(24-4-2)26-15-18-9-7-10-19(14-18)16-27-13-8-11-20(17-27)21(23)28/h7,9-10,14,20H,3-6,8,11-13,15-17H2,1-2H3,(H2,23,28)(H2,24,25,26). The van der Waals surface area contributed by atoms with Gasteiger partial charge in [-0.3, -0.25) is 9.69 Å². The molecule has 6 nitrogen and oxygen atoms in total. The maximum Gasteiger partial charge on any atom is 0.221 e. The molecule has 0 aliphatic carbocycles. The van der Waals surface area contributed by atoms with Crippen molar-refractivity contribution in [2.45, 2.75) is 59.0 Å². The van der Waals surface area contributed by atoms with Crippen molar-refractivity contribution in [3.63, 3.8) is 0 Å². The third kappa shape index (κ3) is 7.89. The van der Waals surface area contributed by atoms with Gasteiger partial charge in [-0.2, -0.15) is 0 Å². The van der Waals surface area contributed by atoms with Gasteiger partial charge in [0.05, 0.1) is 12.5 Å². The fourth-order valence-electron chi connectivity index (χ4n) is 3.61. The van der Waals surface area contributed by atoms with Gasteiger partial charge in [-0.05, 0) is 43.9 Å². The van der Waals surface area contributed by atoms with Crippen LogP contribution < -0.4 is 16.4 Å². The molecule has 4 N–H and O–H groups in total. The average molecular weight is 388 g/mol. The summed E-state index contributed by atoms with van der Waals surface area (Å²) in [5, 5.41) is 6.72. The minimum absolute atomic E-state index is 0.0111. The summed E-state index contributed by atoms with van der Waals surface area (Å²) in [5.41, 5.74) is 7.96. The summed E-state index contributed by atoms with van der Waals surface area (Å²) in [4.78, 5) is 18.5. The van der Waals surface area contributed by atoms with Crippen LogP contribution in [0.4, 0.5) is 0 Å². The van der Waals surface area contributed by atoms with Crippen molar-refractivity contribution in [3.8, 4) is 0 Å². The van der Waals surface area contributed by atoms with Crippen LogP contribution in [0.5, 0.6) is 0 Å². The van der Waals surface area contributed by atoms with Crippen molar-refractivity contribution in [2.24, 2.45) is 16.6 Å². The van der Waals surface area contributed by atoms with E-state index in [9.17, 15) is 4.79 Å². The number of primary amides is 1. The van der Waals surface area contributed by atoms with Gasteiger partial charge < -0.3 is 16.4 Å². The molecule has 28 heavy (non-hydrogen) atoms. The molecule has 1 aromatic rings. The Morgan fingerprint density at radius 3 is 2.82 bits per heavy atom. The van der Waals surface area contributed by atoms with Crippen LogP contribution in [0.1, 0.15) is 57.1 Å². The summed E-state index contributed by atoms with van der Waals surface area (Å²) in [6, 6.07) is 8.58. The highest BCUT2D eigenvalue weighted by Gasteiger charge is 2.23. The number of carbonyl (C=O) groups excluding carboxylic acids is 1. The van der Waals surface area contributed by atoms with Gasteiger partial charge >= 0.3 is 0 Å². The molecule has 1 unspecified atom stereocenters. The third-order valence-electron chi connectivity index (χ3n) is 5.14. The molecule has 0 aromatic heterocycles. The van der Waals surface area contributed by atoms with Gasteiger partial charge in [-0.25, -0.2) is 4.99 Å². The van der Waals surface area contributed by atoms with E-state index in [4.69, 9.17) is 10.7 Å². The van der Waals surface area contributed by atoms with E-state index in [2.05, 4.69) is 53.6 Å². The maximum absolute atomic E-state index is 11.5. The Kier molecular flexibility index (Phi) is 9.83. The first-order chi connectivity index (χ1) is 13.6. The number of rotatable bonds is 10. The molecule has 2 rings (SSSR count). The fourth-order valence-corrected chi connectivity index (χ4v) is 3.61. The molecule has 0 saturated carbocycles. The van der Waals surface area contributed by atoms with Gasteiger partial charge in [0.1, 0.15) is 0 Å². The largest absolute Gasteiger partial charge is 0.369 e. The summed E-state index contributed by atoms with van der Waals surface area (Å²) >= 11 is 0. The molecule has 1 heterocycles. The number of benzene rings is 1. The zero-order valence-electron chi connectivity index (χ0n) is 17.5. The highest BCUT2D eigenvalue weighted by atomic mass is 16.1. The second-order valence-corrected chi connectivity index (χ2v) is 7.63. The van der Waals surface area contributed by atoms with Crippen molar-refractivity contribution in [2.75, 3.05) is 26.2 Å². The Balaban J connectivity index is 1.91. The smallest absolute Gasteiger partial charge is 0.221 e. The molecule has 0 radical (unpaired) electrons. The number of hydrogen-bond acceptors (Lipinski definition) is 3. The Morgan fingerprint density at radius 1 is 1.25 bits per heavy atom. The molecule has 6 heteroatoms. The first-order valence-corrected chi connectivity index (χ1v) is 10.7. The van der Waals surface area contributed by atoms with Gasteiger partial charge in [-0.15, -0.1) is 0 Å². The van der Waals surface area contributed by atoms with E-state index < -0.39 is 0 Å². The predicted molar refractivity (Wildman–Crippen MR) is 116 cm³/mol. The number of amides is 1. The lowest BCUT2D eigenvalue weighted by Crippen LogP contribution is -2.40. The van der Waals surface area contributed by atoms with Crippen molar-refractivity contribution in [1.82, 2.24) is 15.5 Å². The van der Waals surface area contributed by atoms with Crippen LogP contribution in [0.2, 0.25) is 0 Å². The Morgan fingerprint density at radius 2 is 2.07 bits per heavy atom. The van der Waals surface area contributed by atoms with Gasteiger partial charge in [0.15, 0.2) is 5.96 Å².